The second kappa shape index (κ2) is 7.59. The highest BCUT2D eigenvalue weighted by molar-refractivity contribution is 7.92. The van der Waals surface area contributed by atoms with Gasteiger partial charge in [-0.15, -0.1) is 0 Å². The fourth-order valence-corrected chi connectivity index (χ4v) is 3.98. The molecule has 1 amide bonds. The minimum absolute atomic E-state index is 0.0327. The van der Waals surface area contributed by atoms with Crippen LogP contribution in [0.4, 0.5) is 15.8 Å². The summed E-state index contributed by atoms with van der Waals surface area (Å²) in [6, 6.07) is 10.1. The summed E-state index contributed by atoms with van der Waals surface area (Å²) < 4.78 is 45.7. The molecule has 0 atom stereocenters. The van der Waals surface area contributed by atoms with Crippen LogP contribution in [0.25, 0.3) is 0 Å². The normalized spacial score (nSPS) is 11.2. The Hall–Kier alpha value is -2.55. The highest BCUT2D eigenvalue weighted by Crippen LogP contribution is 2.30. The first-order chi connectivity index (χ1) is 12.8. The maximum atomic E-state index is 13.2. The fourth-order valence-electron chi connectivity index (χ4n) is 2.19. The van der Waals surface area contributed by atoms with E-state index in [1.54, 1.807) is 0 Å². The van der Waals surface area contributed by atoms with Gasteiger partial charge in [-0.1, -0.05) is 23.2 Å². The van der Waals surface area contributed by atoms with Gasteiger partial charge >= 0.3 is 0 Å². The number of hydrogen-bond acceptors (Lipinski definition) is 4. The average Bonchev–Trinajstić information content (AvgIpc) is 3.11. The van der Waals surface area contributed by atoms with E-state index in [1.165, 1.54) is 36.6 Å². The number of sulfonamides is 1. The zero-order valence-corrected chi connectivity index (χ0v) is 15.7. The van der Waals surface area contributed by atoms with Crippen molar-refractivity contribution < 1.29 is 22.0 Å². The van der Waals surface area contributed by atoms with Crippen LogP contribution in [0.15, 0.2) is 64.1 Å². The second-order valence-electron chi connectivity index (χ2n) is 5.30. The van der Waals surface area contributed by atoms with Crippen LogP contribution < -0.4 is 10.0 Å². The Kier molecular flexibility index (Phi) is 5.41. The molecular weight excluding hydrogens is 418 g/mol. The number of nitrogens with one attached hydrogen (secondary N) is 2. The first-order valence-corrected chi connectivity index (χ1v) is 9.62. The van der Waals surface area contributed by atoms with Crippen LogP contribution in [-0.2, 0) is 10.0 Å². The molecule has 0 aliphatic heterocycles. The van der Waals surface area contributed by atoms with Crippen LogP contribution in [0.3, 0.4) is 0 Å². The summed E-state index contributed by atoms with van der Waals surface area (Å²) in [5.41, 5.74) is 0.144. The molecule has 6 nitrogen and oxygen atoms in total. The highest BCUT2D eigenvalue weighted by atomic mass is 35.5. The molecule has 0 saturated carbocycles. The van der Waals surface area contributed by atoms with E-state index in [9.17, 15) is 17.6 Å². The Bertz CT molecular complexity index is 1100. The molecule has 3 rings (SSSR count). The minimum Gasteiger partial charge on any atom is -0.459 e. The summed E-state index contributed by atoms with van der Waals surface area (Å²) >= 11 is 11.8. The van der Waals surface area contributed by atoms with Gasteiger partial charge in [-0.05, 0) is 48.5 Å². The zero-order valence-electron chi connectivity index (χ0n) is 13.4. The summed E-state index contributed by atoms with van der Waals surface area (Å²) in [4.78, 5) is 11.9. The predicted octanol–water partition coefficient (Wildman–Crippen LogP) is 4.78. The van der Waals surface area contributed by atoms with E-state index in [0.29, 0.717) is 0 Å². The number of benzene rings is 2. The number of furan rings is 1. The van der Waals surface area contributed by atoms with Crippen LogP contribution in [0, 0.1) is 5.82 Å². The molecular formula is C17H11Cl2FN2O4S. The van der Waals surface area contributed by atoms with Gasteiger partial charge in [0.05, 0.1) is 22.7 Å². The SMILES string of the molecule is O=C(Nc1cc(Cl)ccc1NS(=O)(=O)c1ccc(F)cc1Cl)c1ccco1. The number of carbonyl (C=O) groups excluding carboxylic acids is 1. The van der Waals surface area contributed by atoms with Crippen molar-refractivity contribution in [3.63, 3.8) is 0 Å². The third-order valence-electron chi connectivity index (χ3n) is 3.40. The summed E-state index contributed by atoms with van der Waals surface area (Å²) in [5.74, 6) is -1.23. The molecule has 0 aliphatic rings. The number of amides is 1. The Labute approximate surface area is 163 Å². The molecule has 0 saturated heterocycles. The number of halogens is 3. The van der Waals surface area contributed by atoms with E-state index < -0.39 is 21.7 Å². The summed E-state index contributed by atoms with van der Waals surface area (Å²) in [5, 5.41) is 2.51. The van der Waals surface area contributed by atoms with Crippen LogP contribution >= 0.6 is 23.2 Å². The van der Waals surface area contributed by atoms with Crippen molar-refractivity contribution in [3.05, 3.63) is 76.4 Å². The number of anilines is 2. The largest absolute Gasteiger partial charge is 0.459 e. The smallest absolute Gasteiger partial charge is 0.291 e. The molecule has 0 aliphatic carbocycles. The highest BCUT2D eigenvalue weighted by Gasteiger charge is 2.21. The first kappa shape index (κ1) is 19.2. The first-order valence-electron chi connectivity index (χ1n) is 7.38. The predicted molar refractivity (Wildman–Crippen MR) is 100 cm³/mol. The summed E-state index contributed by atoms with van der Waals surface area (Å²) in [7, 11) is -4.15. The molecule has 0 spiro atoms. The van der Waals surface area contributed by atoms with Crippen LogP contribution in [0.2, 0.25) is 10.0 Å². The molecule has 0 fully saturated rings. The molecule has 10 heteroatoms. The standard InChI is InChI=1S/C17H11Cl2FN2O4S/c18-10-3-5-13(14(8-10)21-17(23)15-2-1-7-26-15)22-27(24,25)16-6-4-11(20)9-12(16)19/h1-9,22H,(H,21,23). The van der Waals surface area contributed by atoms with Crippen molar-refractivity contribution in [3.8, 4) is 0 Å². The third kappa shape index (κ3) is 4.41. The monoisotopic (exact) mass is 428 g/mol. The average molecular weight is 429 g/mol. The molecule has 2 aromatic carbocycles. The maximum Gasteiger partial charge on any atom is 0.291 e. The zero-order chi connectivity index (χ0) is 19.6. The van der Waals surface area contributed by atoms with E-state index in [1.807, 2.05) is 0 Å². The second-order valence-corrected chi connectivity index (χ2v) is 7.80. The lowest BCUT2D eigenvalue weighted by Crippen LogP contribution is -2.17. The van der Waals surface area contributed by atoms with E-state index in [2.05, 4.69) is 10.0 Å². The number of hydrogen-bond donors (Lipinski definition) is 2. The van der Waals surface area contributed by atoms with Crippen molar-refractivity contribution in [1.29, 1.82) is 0 Å². The molecule has 3 aromatic rings. The van der Waals surface area contributed by atoms with Crippen molar-refractivity contribution in [2.24, 2.45) is 0 Å². The van der Waals surface area contributed by atoms with Gasteiger partial charge in [-0.25, -0.2) is 12.8 Å². The van der Waals surface area contributed by atoms with Gasteiger partial charge in [0.1, 0.15) is 10.7 Å². The van der Waals surface area contributed by atoms with Crippen LogP contribution in [0.5, 0.6) is 0 Å². The molecule has 140 valence electrons. The van der Waals surface area contributed by atoms with E-state index in [0.717, 1.165) is 18.2 Å². The number of rotatable bonds is 5. The van der Waals surface area contributed by atoms with Gasteiger partial charge in [0.15, 0.2) is 5.76 Å². The Balaban J connectivity index is 1.93. The fraction of sp³-hybridized carbons (Fsp3) is 0. The Morgan fingerprint density at radius 1 is 1.04 bits per heavy atom. The molecule has 1 aromatic heterocycles. The summed E-state index contributed by atoms with van der Waals surface area (Å²) in [6.07, 6.45) is 1.33. The van der Waals surface area contributed by atoms with Gasteiger partial charge in [-0.2, -0.15) is 0 Å². The molecule has 1 heterocycles. The maximum absolute atomic E-state index is 13.2. The van der Waals surface area contributed by atoms with Gasteiger partial charge in [0.25, 0.3) is 15.9 Å². The molecule has 0 bridgehead atoms. The van der Waals surface area contributed by atoms with E-state index in [-0.39, 0.29) is 32.1 Å². The summed E-state index contributed by atoms with van der Waals surface area (Å²) in [6.45, 7) is 0. The Morgan fingerprint density at radius 2 is 1.81 bits per heavy atom. The number of carbonyl (C=O) groups is 1. The lowest BCUT2D eigenvalue weighted by Gasteiger charge is -2.14. The molecule has 0 radical (unpaired) electrons. The topological polar surface area (TPSA) is 88.4 Å². The minimum atomic E-state index is -4.15. The van der Waals surface area contributed by atoms with Crippen molar-refractivity contribution in [1.82, 2.24) is 0 Å². The van der Waals surface area contributed by atoms with Crippen molar-refractivity contribution in [2.45, 2.75) is 4.90 Å². The molecule has 27 heavy (non-hydrogen) atoms. The molecule has 0 unspecified atom stereocenters. The molecule has 2 N–H and O–H groups in total. The van der Waals surface area contributed by atoms with Gasteiger partial charge < -0.3 is 9.73 Å². The quantitative estimate of drug-likeness (QED) is 0.611. The van der Waals surface area contributed by atoms with E-state index in [4.69, 9.17) is 27.6 Å². The van der Waals surface area contributed by atoms with Crippen LogP contribution in [-0.4, -0.2) is 14.3 Å². The lowest BCUT2D eigenvalue weighted by atomic mass is 10.2. The van der Waals surface area contributed by atoms with Gasteiger partial charge in [0.2, 0.25) is 0 Å². The van der Waals surface area contributed by atoms with Crippen molar-refractivity contribution >= 4 is 50.5 Å². The van der Waals surface area contributed by atoms with Crippen molar-refractivity contribution in [2.75, 3.05) is 10.0 Å². The lowest BCUT2D eigenvalue weighted by molar-refractivity contribution is 0.0996. The van der Waals surface area contributed by atoms with Gasteiger partial charge in [-0.3, -0.25) is 9.52 Å². The van der Waals surface area contributed by atoms with E-state index >= 15 is 0 Å². The third-order valence-corrected chi connectivity index (χ3v) is 5.49. The Morgan fingerprint density at radius 3 is 2.48 bits per heavy atom. The van der Waals surface area contributed by atoms with Gasteiger partial charge in [0, 0.05) is 5.02 Å². The van der Waals surface area contributed by atoms with Crippen LogP contribution in [0.1, 0.15) is 10.6 Å².